The Morgan fingerprint density at radius 1 is 1.30 bits per heavy atom. The van der Waals surface area contributed by atoms with Crippen molar-refractivity contribution in [3.8, 4) is 5.75 Å². The van der Waals surface area contributed by atoms with Gasteiger partial charge in [0.15, 0.2) is 0 Å². The first-order chi connectivity index (χ1) is 11.0. The smallest absolute Gasteiger partial charge is 0.337 e. The third-order valence-corrected chi connectivity index (χ3v) is 3.68. The Hall–Kier alpha value is -1.63. The Kier molecular flexibility index (Phi) is 6.38. The van der Waals surface area contributed by atoms with Crippen molar-refractivity contribution >= 4 is 5.97 Å². The molecule has 1 saturated heterocycles. The van der Waals surface area contributed by atoms with Crippen LogP contribution in [0.5, 0.6) is 5.75 Å². The largest absolute Gasteiger partial charge is 0.491 e. The topological polar surface area (TPSA) is 68.2 Å². The van der Waals surface area contributed by atoms with Gasteiger partial charge in [0.1, 0.15) is 18.5 Å². The molecule has 1 aromatic carbocycles. The van der Waals surface area contributed by atoms with Crippen LogP contribution >= 0.6 is 0 Å². The standard InChI is InChI=1S/C17H25NO5/c1-12-8-18(9-13(2)23-12)10-15(19)11-22-16-6-4-14(5-7-16)17(20)21-3/h4-7,12-13,15,19H,8-11H2,1-3H3. The van der Waals surface area contributed by atoms with Crippen molar-refractivity contribution < 1.29 is 24.1 Å². The van der Waals surface area contributed by atoms with Crippen molar-refractivity contribution in [2.75, 3.05) is 33.4 Å². The minimum Gasteiger partial charge on any atom is -0.491 e. The first kappa shape index (κ1) is 17.7. The number of ether oxygens (including phenoxy) is 3. The van der Waals surface area contributed by atoms with Gasteiger partial charge < -0.3 is 19.3 Å². The first-order valence-corrected chi connectivity index (χ1v) is 7.85. The van der Waals surface area contributed by atoms with Crippen LogP contribution in [0.25, 0.3) is 0 Å². The number of carbonyl (C=O) groups excluding carboxylic acids is 1. The lowest BCUT2D eigenvalue weighted by atomic mass is 10.2. The second-order valence-electron chi connectivity index (χ2n) is 5.96. The van der Waals surface area contributed by atoms with E-state index in [1.54, 1.807) is 24.3 Å². The predicted octanol–water partition coefficient (Wildman–Crippen LogP) is 1.32. The highest BCUT2D eigenvalue weighted by Crippen LogP contribution is 2.14. The zero-order valence-electron chi connectivity index (χ0n) is 13.9. The third kappa shape index (κ3) is 5.49. The number of methoxy groups -OCH3 is 1. The molecular weight excluding hydrogens is 298 g/mol. The van der Waals surface area contributed by atoms with E-state index in [1.807, 2.05) is 13.8 Å². The fraction of sp³-hybridized carbons (Fsp3) is 0.588. The van der Waals surface area contributed by atoms with Gasteiger partial charge in [0.25, 0.3) is 0 Å². The third-order valence-electron chi connectivity index (χ3n) is 3.68. The van der Waals surface area contributed by atoms with Gasteiger partial charge in [-0.2, -0.15) is 0 Å². The van der Waals surface area contributed by atoms with Crippen molar-refractivity contribution in [2.45, 2.75) is 32.2 Å². The monoisotopic (exact) mass is 323 g/mol. The number of morpholine rings is 1. The van der Waals surface area contributed by atoms with E-state index in [0.29, 0.717) is 17.9 Å². The fourth-order valence-corrected chi connectivity index (χ4v) is 2.78. The van der Waals surface area contributed by atoms with Crippen LogP contribution in [0.1, 0.15) is 24.2 Å². The van der Waals surface area contributed by atoms with E-state index in [9.17, 15) is 9.90 Å². The number of rotatable bonds is 6. The maximum atomic E-state index is 11.3. The molecule has 0 aliphatic carbocycles. The molecule has 3 unspecified atom stereocenters. The fourth-order valence-electron chi connectivity index (χ4n) is 2.78. The maximum absolute atomic E-state index is 11.3. The van der Waals surface area contributed by atoms with Gasteiger partial charge in [-0.25, -0.2) is 4.79 Å². The number of esters is 1. The molecule has 3 atom stereocenters. The number of β-amino-alcohol motifs (C(OH)–C–C–N with tert-alkyl or cyclic N) is 1. The molecular formula is C17H25NO5. The van der Waals surface area contributed by atoms with Crippen molar-refractivity contribution in [1.82, 2.24) is 4.90 Å². The Bertz CT molecular complexity index is 494. The summed E-state index contributed by atoms with van der Waals surface area (Å²) in [6, 6.07) is 6.66. The normalized spacial score (nSPS) is 23.3. The van der Waals surface area contributed by atoms with E-state index in [-0.39, 0.29) is 24.8 Å². The summed E-state index contributed by atoms with van der Waals surface area (Å²) in [7, 11) is 1.34. The van der Waals surface area contributed by atoms with Gasteiger partial charge in [-0.15, -0.1) is 0 Å². The van der Waals surface area contributed by atoms with Gasteiger partial charge in [0, 0.05) is 19.6 Å². The molecule has 1 N–H and O–H groups in total. The average Bonchev–Trinajstić information content (AvgIpc) is 2.51. The van der Waals surface area contributed by atoms with Crippen LogP contribution in [0.3, 0.4) is 0 Å². The molecule has 0 bridgehead atoms. The van der Waals surface area contributed by atoms with Crippen LogP contribution in [0.2, 0.25) is 0 Å². The molecule has 128 valence electrons. The highest BCUT2D eigenvalue weighted by molar-refractivity contribution is 5.89. The summed E-state index contributed by atoms with van der Waals surface area (Å²) in [4.78, 5) is 13.5. The molecule has 6 nitrogen and oxygen atoms in total. The van der Waals surface area contributed by atoms with Crippen LogP contribution in [0.15, 0.2) is 24.3 Å². The van der Waals surface area contributed by atoms with Crippen molar-refractivity contribution in [2.24, 2.45) is 0 Å². The summed E-state index contributed by atoms with van der Waals surface area (Å²) >= 11 is 0. The van der Waals surface area contributed by atoms with Crippen LogP contribution in [-0.2, 0) is 9.47 Å². The SMILES string of the molecule is COC(=O)c1ccc(OCC(O)CN2CC(C)OC(C)C2)cc1. The number of aliphatic hydroxyl groups excluding tert-OH is 1. The maximum Gasteiger partial charge on any atom is 0.337 e. The number of aliphatic hydroxyl groups is 1. The lowest BCUT2D eigenvalue weighted by Gasteiger charge is -2.36. The van der Waals surface area contributed by atoms with Crippen LogP contribution in [0, 0.1) is 0 Å². The summed E-state index contributed by atoms with van der Waals surface area (Å²) in [6.45, 7) is 6.46. The van der Waals surface area contributed by atoms with Gasteiger partial charge in [0.2, 0.25) is 0 Å². The summed E-state index contributed by atoms with van der Waals surface area (Å²) < 4.78 is 15.9. The van der Waals surface area contributed by atoms with Gasteiger partial charge in [-0.05, 0) is 38.1 Å². The van der Waals surface area contributed by atoms with Crippen molar-refractivity contribution in [1.29, 1.82) is 0 Å². The Balaban J connectivity index is 1.77. The summed E-state index contributed by atoms with van der Waals surface area (Å²) in [6.07, 6.45) is -0.219. The number of hydrogen-bond donors (Lipinski definition) is 1. The number of hydrogen-bond acceptors (Lipinski definition) is 6. The summed E-state index contributed by atoms with van der Waals surface area (Å²) in [5, 5.41) is 10.1. The highest BCUT2D eigenvalue weighted by Gasteiger charge is 2.23. The molecule has 6 heteroatoms. The minimum atomic E-state index is -0.576. The molecule has 1 aromatic rings. The lowest BCUT2D eigenvalue weighted by Crippen LogP contribution is -2.48. The van der Waals surface area contributed by atoms with Crippen LogP contribution in [-0.4, -0.2) is 67.6 Å². The number of carbonyl (C=O) groups is 1. The first-order valence-electron chi connectivity index (χ1n) is 7.85. The molecule has 2 rings (SSSR count). The Morgan fingerprint density at radius 3 is 2.48 bits per heavy atom. The van der Waals surface area contributed by atoms with Gasteiger partial charge in [0.05, 0.1) is 24.9 Å². The van der Waals surface area contributed by atoms with Crippen LogP contribution < -0.4 is 4.74 Å². The number of nitrogens with zero attached hydrogens (tertiary/aromatic N) is 1. The van der Waals surface area contributed by atoms with Crippen molar-refractivity contribution in [3.05, 3.63) is 29.8 Å². The molecule has 1 aliphatic heterocycles. The summed E-state index contributed by atoms with van der Waals surface area (Å²) in [5.41, 5.74) is 0.469. The molecule has 23 heavy (non-hydrogen) atoms. The molecule has 0 amide bonds. The van der Waals surface area contributed by atoms with E-state index >= 15 is 0 Å². The van der Waals surface area contributed by atoms with E-state index in [1.165, 1.54) is 7.11 Å². The molecule has 1 heterocycles. The zero-order valence-corrected chi connectivity index (χ0v) is 13.9. The molecule has 0 saturated carbocycles. The molecule has 1 fully saturated rings. The predicted molar refractivity (Wildman–Crippen MR) is 85.7 cm³/mol. The molecule has 0 radical (unpaired) electrons. The average molecular weight is 323 g/mol. The molecule has 0 aromatic heterocycles. The highest BCUT2D eigenvalue weighted by atomic mass is 16.5. The number of benzene rings is 1. The van der Waals surface area contributed by atoms with Crippen molar-refractivity contribution in [3.63, 3.8) is 0 Å². The van der Waals surface area contributed by atoms with E-state index in [4.69, 9.17) is 9.47 Å². The lowest BCUT2D eigenvalue weighted by molar-refractivity contribution is -0.0786. The second-order valence-corrected chi connectivity index (χ2v) is 5.96. The van der Waals surface area contributed by atoms with Gasteiger partial charge >= 0.3 is 5.97 Å². The zero-order chi connectivity index (χ0) is 16.8. The second kappa shape index (κ2) is 8.29. The summed E-state index contributed by atoms with van der Waals surface area (Å²) in [5.74, 6) is 0.229. The molecule has 1 aliphatic rings. The minimum absolute atomic E-state index is 0.178. The Labute approximate surface area is 136 Å². The van der Waals surface area contributed by atoms with E-state index < -0.39 is 6.10 Å². The van der Waals surface area contributed by atoms with Crippen LogP contribution in [0.4, 0.5) is 0 Å². The van der Waals surface area contributed by atoms with E-state index in [2.05, 4.69) is 9.64 Å². The van der Waals surface area contributed by atoms with Gasteiger partial charge in [-0.3, -0.25) is 4.90 Å². The van der Waals surface area contributed by atoms with E-state index in [0.717, 1.165) is 13.1 Å². The quantitative estimate of drug-likeness (QED) is 0.797. The van der Waals surface area contributed by atoms with Gasteiger partial charge in [-0.1, -0.05) is 0 Å². The Morgan fingerprint density at radius 2 is 1.91 bits per heavy atom. The molecule has 0 spiro atoms.